The number of rotatable bonds is 4. The van der Waals surface area contributed by atoms with E-state index < -0.39 is 0 Å². The summed E-state index contributed by atoms with van der Waals surface area (Å²) < 4.78 is 0. The Kier molecular flexibility index (Phi) is 5.65. The van der Waals surface area contributed by atoms with Gasteiger partial charge in [0.2, 0.25) is 5.91 Å². The third-order valence-corrected chi connectivity index (χ3v) is 5.59. The van der Waals surface area contributed by atoms with Gasteiger partial charge in [-0.25, -0.2) is 9.78 Å². The molecule has 4 amide bonds. The molecule has 1 aromatic carbocycles. The van der Waals surface area contributed by atoms with Crippen molar-refractivity contribution in [1.29, 1.82) is 0 Å². The maximum Gasteiger partial charge on any atom is 0.321 e. The minimum atomic E-state index is -0.281. The second kappa shape index (κ2) is 8.52. The number of aromatic nitrogens is 1. The molecule has 0 bridgehead atoms. The van der Waals surface area contributed by atoms with Crippen LogP contribution in [-0.4, -0.2) is 53.9 Å². The molecule has 2 N–H and O–H groups in total. The van der Waals surface area contributed by atoms with Gasteiger partial charge in [0.05, 0.1) is 5.92 Å². The van der Waals surface area contributed by atoms with Gasteiger partial charge in [0.25, 0.3) is 5.91 Å². The first-order valence-corrected chi connectivity index (χ1v) is 10.2. The highest BCUT2D eigenvalue weighted by atomic mass is 16.2. The number of carbonyl (C=O) groups excluding carboxylic acids is 3. The average Bonchev–Trinajstić information content (AvgIpc) is 3.21. The molecule has 2 fully saturated rings. The molecule has 2 aromatic rings. The van der Waals surface area contributed by atoms with E-state index in [-0.39, 0.29) is 23.8 Å². The number of amides is 4. The zero-order valence-electron chi connectivity index (χ0n) is 16.9. The van der Waals surface area contributed by atoms with Crippen molar-refractivity contribution < 1.29 is 14.4 Å². The first-order valence-electron chi connectivity index (χ1n) is 10.2. The second-order valence-electron chi connectivity index (χ2n) is 7.68. The fraction of sp³-hybridized carbons (Fsp3) is 0.364. The van der Waals surface area contributed by atoms with Crippen LogP contribution in [0, 0.1) is 12.8 Å². The molecule has 1 aromatic heterocycles. The number of likely N-dealkylation sites (tertiary alicyclic amines) is 1. The molecule has 2 aliphatic rings. The summed E-state index contributed by atoms with van der Waals surface area (Å²) in [6.07, 6.45) is 3.14. The van der Waals surface area contributed by atoms with Crippen molar-refractivity contribution in [1.82, 2.24) is 15.2 Å². The predicted molar refractivity (Wildman–Crippen MR) is 113 cm³/mol. The summed E-state index contributed by atoms with van der Waals surface area (Å²) in [5, 5.41) is 5.66. The van der Waals surface area contributed by atoms with Crippen LogP contribution in [0.1, 0.15) is 28.8 Å². The Hall–Kier alpha value is -3.42. The van der Waals surface area contributed by atoms with Crippen LogP contribution in [0.25, 0.3) is 0 Å². The standard InChI is InChI=1S/C22H25N5O3/c1-15-5-3-9-23-19(15)25-20(28)17-7-4-11-26(14-17)21(29)16-6-2-8-18(13-16)27-12-10-24-22(27)30/h2-3,5-6,8-9,13,17H,4,7,10-12,14H2,1H3,(H,24,30)(H,23,25,28)/t17-/m0/s1. The van der Waals surface area contributed by atoms with Gasteiger partial charge < -0.3 is 15.5 Å². The number of hydrogen-bond acceptors (Lipinski definition) is 4. The lowest BCUT2D eigenvalue weighted by Gasteiger charge is -2.32. The number of piperidine rings is 1. The van der Waals surface area contributed by atoms with Crippen molar-refractivity contribution in [2.75, 3.05) is 36.4 Å². The van der Waals surface area contributed by atoms with Crippen molar-refractivity contribution in [3.05, 3.63) is 53.7 Å². The Morgan fingerprint density at radius 3 is 2.83 bits per heavy atom. The minimum absolute atomic E-state index is 0.114. The summed E-state index contributed by atoms with van der Waals surface area (Å²) in [5.74, 6) is 0.0407. The minimum Gasteiger partial charge on any atom is -0.338 e. The summed E-state index contributed by atoms with van der Waals surface area (Å²) >= 11 is 0. The van der Waals surface area contributed by atoms with E-state index >= 15 is 0 Å². The number of nitrogens with zero attached hydrogens (tertiary/aromatic N) is 3. The molecule has 2 saturated heterocycles. The third-order valence-electron chi connectivity index (χ3n) is 5.59. The highest BCUT2D eigenvalue weighted by Crippen LogP contribution is 2.23. The van der Waals surface area contributed by atoms with Crippen molar-refractivity contribution in [3.63, 3.8) is 0 Å². The highest BCUT2D eigenvalue weighted by molar-refractivity contribution is 5.99. The molecule has 4 rings (SSSR count). The van der Waals surface area contributed by atoms with Crippen molar-refractivity contribution in [2.45, 2.75) is 19.8 Å². The molecule has 2 aliphatic heterocycles. The van der Waals surface area contributed by atoms with Gasteiger partial charge in [-0.2, -0.15) is 0 Å². The number of urea groups is 1. The van der Waals surface area contributed by atoms with Crippen molar-refractivity contribution in [2.24, 2.45) is 5.92 Å². The Morgan fingerprint density at radius 2 is 2.07 bits per heavy atom. The lowest BCUT2D eigenvalue weighted by Crippen LogP contribution is -2.44. The van der Waals surface area contributed by atoms with Gasteiger partial charge >= 0.3 is 6.03 Å². The van der Waals surface area contributed by atoms with E-state index in [2.05, 4.69) is 15.6 Å². The SMILES string of the molecule is Cc1cccnc1NC(=O)[C@H]1CCCN(C(=O)c2cccc(N3CCNC3=O)c2)C1. The molecular formula is C22H25N5O3. The van der Waals surface area contributed by atoms with Crippen LogP contribution in [0.2, 0.25) is 0 Å². The van der Waals surface area contributed by atoms with E-state index in [0.29, 0.717) is 43.2 Å². The summed E-state index contributed by atoms with van der Waals surface area (Å²) in [4.78, 5) is 45.3. The van der Waals surface area contributed by atoms with Crippen LogP contribution in [0.3, 0.4) is 0 Å². The van der Waals surface area contributed by atoms with E-state index in [9.17, 15) is 14.4 Å². The molecule has 8 nitrogen and oxygen atoms in total. The van der Waals surface area contributed by atoms with Crippen LogP contribution in [0.15, 0.2) is 42.6 Å². The number of anilines is 2. The molecule has 1 atom stereocenters. The fourth-order valence-corrected chi connectivity index (χ4v) is 3.92. The van der Waals surface area contributed by atoms with Crippen LogP contribution in [0.5, 0.6) is 0 Å². The highest BCUT2D eigenvalue weighted by Gasteiger charge is 2.30. The quantitative estimate of drug-likeness (QED) is 0.814. The summed E-state index contributed by atoms with van der Waals surface area (Å²) in [7, 11) is 0. The Bertz CT molecular complexity index is 977. The first-order chi connectivity index (χ1) is 14.5. The average molecular weight is 407 g/mol. The molecule has 30 heavy (non-hydrogen) atoms. The number of nitrogens with one attached hydrogen (secondary N) is 2. The number of carbonyl (C=O) groups is 3. The summed E-state index contributed by atoms with van der Waals surface area (Å²) in [6, 6.07) is 10.7. The smallest absolute Gasteiger partial charge is 0.321 e. The maximum atomic E-state index is 13.1. The lowest BCUT2D eigenvalue weighted by atomic mass is 9.96. The van der Waals surface area contributed by atoms with Crippen LogP contribution in [-0.2, 0) is 4.79 Å². The second-order valence-corrected chi connectivity index (χ2v) is 7.68. The molecule has 0 radical (unpaired) electrons. The summed E-state index contributed by atoms with van der Waals surface area (Å²) in [6.45, 7) is 4.04. The molecule has 0 saturated carbocycles. The Balaban J connectivity index is 1.44. The van der Waals surface area contributed by atoms with Crippen molar-refractivity contribution in [3.8, 4) is 0 Å². The fourth-order valence-electron chi connectivity index (χ4n) is 3.92. The Labute approximate surface area is 175 Å². The molecule has 0 spiro atoms. The monoisotopic (exact) mass is 407 g/mol. The largest absolute Gasteiger partial charge is 0.338 e. The first kappa shape index (κ1) is 19.9. The Morgan fingerprint density at radius 1 is 1.20 bits per heavy atom. The van der Waals surface area contributed by atoms with Crippen LogP contribution < -0.4 is 15.5 Å². The van der Waals surface area contributed by atoms with Crippen LogP contribution >= 0.6 is 0 Å². The van der Waals surface area contributed by atoms with Gasteiger partial charge in [0, 0.05) is 43.6 Å². The van der Waals surface area contributed by atoms with Crippen LogP contribution in [0.4, 0.5) is 16.3 Å². The molecule has 0 aliphatic carbocycles. The van der Waals surface area contributed by atoms with Gasteiger partial charge in [0.15, 0.2) is 0 Å². The van der Waals surface area contributed by atoms with Gasteiger partial charge in [-0.3, -0.25) is 14.5 Å². The third kappa shape index (κ3) is 4.12. The topological polar surface area (TPSA) is 94.6 Å². The van der Waals surface area contributed by atoms with E-state index in [1.165, 1.54) is 0 Å². The number of aryl methyl sites for hydroxylation is 1. The normalized spacial score (nSPS) is 18.8. The molecular weight excluding hydrogens is 382 g/mol. The van der Waals surface area contributed by atoms with Crippen molar-refractivity contribution >= 4 is 29.4 Å². The van der Waals surface area contributed by atoms with Gasteiger partial charge in [0.1, 0.15) is 5.82 Å². The molecule has 3 heterocycles. The van der Waals surface area contributed by atoms with E-state index in [1.807, 2.05) is 25.1 Å². The predicted octanol–water partition coefficient (Wildman–Crippen LogP) is 2.41. The zero-order valence-corrected chi connectivity index (χ0v) is 16.9. The van der Waals surface area contributed by atoms with Gasteiger partial charge in [-0.05, 0) is 49.6 Å². The molecule has 0 unspecified atom stereocenters. The number of hydrogen-bond donors (Lipinski definition) is 2. The number of pyridine rings is 1. The van der Waals surface area contributed by atoms with E-state index in [0.717, 1.165) is 18.4 Å². The maximum absolute atomic E-state index is 13.1. The van der Waals surface area contributed by atoms with E-state index in [1.54, 1.807) is 34.2 Å². The zero-order chi connectivity index (χ0) is 21.1. The number of benzene rings is 1. The summed E-state index contributed by atoms with van der Waals surface area (Å²) in [5.41, 5.74) is 2.12. The molecule has 8 heteroatoms. The molecule has 156 valence electrons. The van der Waals surface area contributed by atoms with E-state index in [4.69, 9.17) is 0 Å². The van der Waals surface area contributed by atoms with Gasteiger partial charge in [-0.15, -0.1) is 0 Å². The lowest BCUT2D eigenvalue weighted by molar-refractivity contribution is -0.121. The van der Waals surface area contributed by atoms with Gasteiger partial charge in [-0.1, -0.05) is 12.1 Å².